The van der Waals surface area contributed by atoms with Crippen LogP contribution in [0.5, 0.6) is 0 Å². The van der Waals surface area contributed by atoms with E-state index >= 15 is 0 Å². The van der Waals surface area contributed by atoms with Crippen LogP contribution >= 0.6 is 0 Å². The van der Waals surface area contributed by atoms with Crippen molar-refractivity contribution in [3.8, 4) is 0 Å². The molecule has 122 valence electrons. The van der Waals surface area contributed by atoms with Crippen molar-refractivity contribution in [2.45, 2.75) is 26.3 Å². The lowest BCUT2D eigenvalue weighted by atomic mass is 10.0. The largest absolute Gasteiger partial charge is 0.480 e. The number of fused-ring (bicyclic) bond motifs is 1. The lowest BCUT2D eigenvalue weighted by Gasteiger charge is -2.17. The van der Waals surface area contributed by atoms with Gasteiger partial charge in [-0.1, -0.05) is 13.8 Å². The number of benzene rings is 1. The summed E-state index contributed by atoms with van der Waals surface area (Å²) in [6.07, 6.45) is 0.295. The van der Waals surface area contributed by atoms with Gasteiger partial charge in [0.1, 0.15) is 6.04 Å². The van der Waals surface area contributed by atoms with Crippen molar-refractivity contribution in [3.05, 3.63) is 29.3 Å². The van der Waals surface area contributed by atoms with Gasteiger partial charge in [-0.3, -0.25) is 14.9 Å². The number of nitrogens with one attached hydrogen (secondary N) is 3. The van der Waals surface area contributed by atoms with E-state index < -0.39 is 29.9 Å². The third-order valence-corrected chi connectivity index (χ3v) is 3.30. The molecule has 1 aromatic carbocycles. The molecule has 0 spiro atoms. The monoisotopic (exact) mass is 319 g/mol. The Hall–Kier alpha value is -2.90. The standard InChI is InChI=1S/C15H17N3O5/c1-7(2)5-11(14(21)22)17-15(23)16-8-3-4-9-10(6-8)13(20)18-12(9)19/h3-4,6-7,11H,5H2,1-2H3,(H,21,22)(H2,16,17,23)(H,18,19,20)/t11-/m0/s1. The van der Waals surface area contributed by atoms with Crippen molar-refractivity contribution in [3.63, 3.8) is 0 Å². The van der Waals surface area contributed by atoms with Gasteiger partial charge in [0.05, 0.1) is 11.1 Å². The molecule has 23 heavy (non-hydrogen) atoms. The molecule has 0 unspecified atom stereocenters. The van der Waals surface area contributed by atoms with Gasteiger partial charge < -0.3 is 15.7 Å². The molecule has 2 rings (SSSR count). The van der Waals surface area contributed by atoms with Gasteiger partial charge >= 0.3 is 12.0 Å². The first-order chi connectivity index (χ1) is 10.8. The lowest BCUT2D eigenvalue weighted by Crippen LogP contribution is -2.43. The Kier molecular flexibility index (Phi) is 4.63. The summed E-state index contributed by atoms with van der Waals surface area (Å²) in [5.41, 5.74) is 0.703. The van der Waals surface area contributed by atoms with Crippen LogP contribution in [0.3, 0.4) is 0 Å². The molecule has 0 bridgehead atoms. The van der Waals surface area contributed by atoms with Crippen molar-refractivity contribution in [1.29, 1.82) is 0 Å². The van der Waals surface area contributed by atoms with E-state index in [-0.39, 0.29) is 17.0 Å². The van der Waals surface area contributed by atoms with Gasteiger partial charge in [-0.15, -0.1) is 0 Å². The number of imide groups is 1. The number of rotatable bonds is 5. The second kappa shape index (κ2) is 6.47. The van der Waals surface area contributed by atoms with Crippen molar-refractivity contribution in [2.75, 3.05) is 5.32 Å². The van der Waals surface area contributed by atoms with E-state index in [0.717, 1.165) is 0 Å². The molecular weight excluding hydrogens is 302 g/mol. The molecular formula is C15H17N3O5. The average molecular weight is 319 g/mol. The molecule has 4 amide bonds. The van der Waals surface area contributed by atoms with Gasteiger partial charge in [0.2, 0.25) is 0 Å². The molecule has 8 nitrogen and oxygen atoms in total. The number of carboxylic acids is 1. The summed E-state index contributed by atoms with van der Waals surface area (Å²) >= 11 is 0. The molecule has 1 atom stereocenters. The summed E-state index contributed by atoms with van der Waals surface area (Å²) in [6, 6.07) is 2.56. The second-order valence-corrected chi connectivity index (χ2v) is 5.66. The van der Waals surface area contributed by atoms with Gasteiger partial charge in [-0.2, -0.15) is 0 Å². The number of hydrogen-bond donors (Lipinski definition) is 4. The molecule has 8 heteroatoms. The minimum Gasteiger partial charge on any atom is -0.480 e. The van der Waals surface area contributed by atoms with Crippen molar-refractivity contribution < 1.29 is 24.3 Å². The van der Waals surface area contributed by atoms with Gasteiger partial charge in [-0.05, 0) is 30.5 Å². The summed E-state index contributed by atoms with van der Waals surface area (Å²) in [5, 5.41) is 16.1. The topological polar surface area (TPSA) is 125 Å². The zero-order valence-electron chi connectivity index (χ0n) is 12.7. The fourth-order valence-electron chi connectivity index (χ4n) is 2.26. The molecule has 0 saturated carbocycles. The predicted molar refractivity (Wildman–Crippen MR) is 81.3 cm³/mol. The molecule has 1 aliphatic rings. The van der Waals surface area contributed by atoms with E-state index in [4.69, 9.17) is 5.11 Å². The maximum absolute atomic E-state index is 11.9. The second-order valence-electron chi connectivity index (χ2n) is 5.66. The SMILES string of the molecule is CC(C)C[C@H](NC(=O)Nc1ccc2c(c1)C(=O)NC2=O)C(=O)O. The number of carbonyl (C=O) groups is 4. The first-order valence-electron chi connectivity index (χ1n) is 7.08. The van der Waals surface area contributed by atoms with Crippen molar-refractivity contribution >= 4 is 29.5 Å². The molecule has 0 radical (unpaired) electrons. The highest BCUT2D eigenvalue weighted by molar-refractivity contribution is 6.22. The number of anilines is 1. The van der Waals surface area contributed by atoms with Crippen LogP contribution in [0.1, 0.15) is 41.0 Å². The van der Waals surface area contributed by atoms with Crippen LogP contribution in [-0.2, 0) is 4.79 Å². The minimum atomic E-state index is -1.12. The van der Waals surface area contributed by atoms with E-state index in [1.807, 2.05) is 13.8 Å². The Balaban J connectivity index is 2.06. The lowest BCUT2D eigenvalue weighted by molar-refractivity contribution is -0.139. The van der Waals surface area contributed by atoms with Gasteiger partial charge in [0, 0.05) is 5.69 Å². The molecule has 1 aromatic rings. The summed E-state index contributed by atoms with van der Waals surface area (Å²) in [6.45, 7) is 3.71. The Morgan fingerprint density at radius 1 is 1.17 bits per heavy atom. The average Bonchev–Trinajstić information content (AvgIpc) is 2.72. The maximum Gasteiger partial charge on any atom is 0.326 e. The van der Waals surface area contributed by atoms with E-state index in [1.54, 1.807) is 0 Å². The zero-order valence-corrected chi connectivity index (χ0v) is 12.7. The molecule has 0 aromatic heterocycles. The van der Waals surface area contributed by atoms with Crippen LogP contribution in [0.2, 0.25) is 0 Å². The highest BCUT2D eigenvalue weighted by atomic mass is 16.4. The van der Waals surface area contributed by atoms with E-state index in [9.17, 15) is 19.2 Å². The number of carboxylic acid groups (broad SMARTS) is 1. The molecule has 0 fully saturated rings. The van der Waals surface area contributed by atoms with Crippen LogP contribution in [0, 0.1) is 5.92 Å². The highest BCUT2D eigenvalue weighted by Gasteiger charge is 2.27. The van der Waals surface area contributed by atoms with E-state index in [2.05, 4.69) is 16.0 Å². The van der Waals surface area contributed by atoms with Crippen LogP contribution in [0.15, 0.2) is 18.2 Å². The van der Waals surface area contributed by atoms with Gasteiger partial charge in [0.25, 0.3) is 11.8 Å². The van der Waals surface area contributed by atoms with Gasteiger partial charge in [0.15, 0.2) is 0 Å². The zero-order chi connectivity index (χ0) is 17.1. The first kappa shape index (κ1) is 16.5. The summed E-state index contributed by atoms with van der Waals surface area (Å²) in [5.74, 6) is -2.03. The number of aliphatic carboxylic acids is 1. The summed E-state index contributed by atoms with van der Waals surface area (Å²) in [7, 11) is 0. The Morgan fingerprint density at radius 2 is 1.83 bits per heavy atom. The van der Waals surface area contributed by atoms with Crippen molar-refractivity contribution in [1.82, 2.24) is 10.6 Å². The smallest absolute Gasteiger partial charge is 0.326 e. The van der Waals surface area contributed by atoms with E-state index in [0.29, 0.717) is 12.1 Å². The first-order valence-corrected chi connectivity index (χ1v) is 7.08. The van der Waals surface area contributed by atoms with Crippen LogP contribution in [-0.4, -0.2) is 35.0 Å². The van der Waals surface area contributed by atoms with Crippen LogP contribution < -0.4 is 16.0 Å². The highest BCUT2D eigenvalue weighted by Crippen LogP contribution is 2.20. The quantitative estimate of drug-likeness (QED) is 0.607. The van der Waals surface area contributed by atoms with Crippen LogP contribution in [0.4, 0.5) is 10.5 Å². The molecule has 1 aliphatic heterocycles. The third kappa shape index (κ3) is 3.85. The minimum absolute atomic E-state index is 0.103. The fourth-order valence-corrected chi connectivity index (χ4v) is 2.26. The maximum atomic E-state index is 11.9. The van der Waals surface area contributed by atoms with Crippen LogP contribution in [0.25, 0.3) is 0 Å². The van der Waals surface area contributed by atoms with Gasteiger partial charge in [-0.25, -0.2) is 9.59 Å². The number of amides is 4. The fraction of sp³-hybridized carbons (Fsp3) is 0.333. The predicted octanol–water partition coefficient (Wildman–Crippen LogP) is 1.19. The summed E-state index contributed by atoms with van der Waals surface area (Å²) < 4.78 is 0. The number of hydrogen-bond acceptors (Lipinski definition) is 4. The number of carbonyl (C=O) groups excluding carboxylic acids is 3. The number of urea groups is 1. The summed E-state index contributed by atoms with van der Waals surface area (Å²) in [4.78, 5) is 46.0. The Bertz CT molecular complexity index is 684. The Morgan fingerprint density at radius 3 is 2.43 bits per heavy atom. The van der Waals surface area contributed by atoms with E-state index in [1.165, 1.54) is 18.2 Å². The normalized spacial score (nSPS) is 14.2. The molecule has 4 N–H and O–H groups in total. The molecule has 0 saturated heterocycles. The Labute approximate surface area is 132 Å². The molecule has 1 heterocycles. The van der Waals surface area contributed by atoms with Crippen molar-refractivity contribution in [2.24, 2.45) is 5.92 Å². The third-order valence-electron chi connectivity index (χ3n) is 3.30. The molecule has 0 aliphatic carbocycles.